The van der Waals surface area contributed by atoms with Crippen LogP contribution < -0.4 is 10.6 Å². The Bertz CT molecular complexity index is 309. The van der Waals surface area contributed by atoms with Gasteiger partial charge >= 0.3 is 12.0 Å². The Kier molecular flexibility index (Phi) is 4.30. The van der Waals surface area contributed by atoms with Crippen molar-refractivity contribution >= 4 is 12.0 Å². The lowest BCUT2D eigenvalue weighted by atomic mass is 9.95. The third kappa shape index (κ3) is 3.57. The van der Waals surface area contributed by atoms with Crippen molar-refractivity contribution in [2.24, 2.45) is 0 Å². The molecule has 3 atom stereocenters. The van der Waals surface area contributed by atoms with E-state index < -0.39 is 23.6 Å². The number of hydrogen-bond donors (Lipinski definition) is 4. The van der Waals surface area contributed by atoms with Crippen LogP contribution in [0.2, 0.25) is 0 Å². The Morgan fingerprint density at radius 2 is 2.24 bits per heavy atom. The van der Waals surface area contributed by atoms with Gasteiger partial charge in [-0.1, -0.05) is 0 Å². The molecule has 0 radical (unpaired) electrons. The lowest BCUT2D eigenvalue weighted by Gasteiger charge is -2.28. The fourth-order valence-electron chi connectivity index (χ4n) is 1.58. The normalized spacial score (nSPS) is 29.7. The van der Waals surface area contributed by atoms with Crippen LogP contribution in [-0.2, 0) is 9.53 Å². The zero-order valence-electron chi connectivity index (χ0n) is 9.90. The Hall–Kier alpha value is -1.34. The number of carbonyl (C=O) groups is 2. The maximum Gasteiger partial charge on any atom is 0.334 e. The van der Waals surface area contributed by atoms with Crippen molar-refractivity contribution in [1.29, 1.82) is 0 Å². The van der Waals surface area contributed by atoms with Crippen LogP contribution in [0.25, 0.3) is 0 Å². The number of carboxylic acids is 1. The third-order valence-electron chi connectivity index (χ3n) is 3.03. The van der Waals surface area contributed by atoms with Crippen LogP contribution >= 0.6 is 0 Å². The largest absolute Gasteiger partial charge is 0.479 e. The van der Waals surface area contributed by atoms with E-state index in [9.17, 15) is 9.59 Å². The lowest BCUT2D eigenvalue weighted by Crippen LogP contribution is -2.55. The maximum atomic E-state index is 11.5. The predicted octanol–water partition coefficient (Wildman–Crippen LogP) is -0.701. The van der Waals surface area contributed by atoms with Crippen LogP contribution in [0.15, 0.2) is 0 Å². The second-order valence-corrected chi connectivity index (χ2v) is 4.37. The minimum atomic E-state index is -1.59. The van der Waals surface area contributed by atoms with Gasteiger partial charge in [0.25, 0.3) is 0 Å². The molecule has 7 nitrogen and oxygen atoms in total. The second-order valence-electron chi connectivity index (χ2n) is 4.37. The molecule has 7 heteroatoms. The zero-order valence-corrected chi connectivity index (χ0v) is 9.90. The summed E-state index contributed by atoms with van der Waals surface area (Å²) in [4.78, 5) is 21.8. The van der Waals surface area contributed by atoms with Gasteiger partial charge in [0, 0.05) is 6.61 Å². The third-order valence-corrected chi connectivity index (χ3v) is 3.03. The van der Waals surface area contributed by atoms with Crippen molar-refractivity contribution in [2.45, 2.75) is 38.0 Å². The molecule has 0 aromatic carbocycles. The van der Waals surface area contributed by atoms with Crippen molar-refractivity contribution in [3.63, 3.8) is 0 Å². The summed E-state index contributed by atoms with van der Waals surface area (Å²) in [6.07, 6.45) is -0.994. The fourth-order valence-corrected chi connectivity index (χ4v) is 1.58. The van der Waals surface area contributed by atoms with E-state index in [1.165, 1.54) is 0 Å². The number of ether oxygens (including phenoxy) is 1. The topological polar surface area (TPSA) is 108 Å². The van der Waals surface area contributed by atoms with Gasteiger partial charge in [0.15, 0.2) is 6.10 Å². The van der Waals surface area contributed by atoms with Crippen molar-refractivity contribution in [3.05, 3.63) is 0 Å². The summed E-state index contributed by atoms with van der Waals surface area (Å²) in [5, 5.41) is 22.4. The van der Waals surface area contributed by atoms with E-state index in [1.807, 2.05) is 13.8 Å². The molecule has 17 heavy (non-hydrogen) atoms. The summed E-state index contributed by atoms with van der Waals surface area (Å²) in [5.41, 5.74) is -0.460. The number of aliphatic hydroxyl groups excluding tert-OH is 1. The van der Waals surface area contributed by atoms with Crippen molar-refractivity contribution < 1.29 is 24.5 Å². The Balaban J connectivity index is 2.37. The van der Waals surface area contributed by atoms with Gasteiger partial charge in [0.1, 0.15) is 0 Å². The molecule has 0 aromatic rings. The van der Waals surface area contributed by atoms with E-state index >= 15 is 0 Å². The van der Waals surface area contributed by atoms with Crippen LogP contribution in [0.4, 0.5) is 4.79 Å². The van der Waals surface area contributed by atoms with E-state index in [4.69, 9.17) is 14.9 Å². The van der Waals surface area contributed by atoms with Gasteiger partial charge in [0.2, 0.25) is 0 Å². The summed E-state index contributed by atoms with van der Waals surface area (Å²) in [6.45, 7) is 3.97. The number of urea groups is 1. The molecule has 1 heterocycles. The molecule has 1 saturated heterocycles. The fraction of sp³-hybridized carbons (Fsp3) is 0.800. The van der Waals surface area contributed by atoms with Crippen molar-refractivity contribution in [3.8, 4) is 0 Å². The van der Waals surface area contributed by atoms with Gasteiger partial charge < -0.3 is 25.6 Å². The molecule has 0 bridgehead atoms. The first-order valence-corrected chi connectivity index (χ1v) is 5.43. The Morgan fingerprint density at radius 1 is 1.59 bits per heavy atom. The molecule has 0 aliphatic carbocycles. The SMILES string of the molecule is CC1OCCC1(C)NC(=O)NCC(O)C(=O)O. The van der Waals surface area contributed by atoms with Crippen molar-refractivity contribution in [1.82, 2.24) is 10.6 Å². The average molecular weight is 246 g/mol. The highest BCUT2D eigenvalue weighted by Gasteiger charge is 2.38. The molecule has 0 spiro atoms. The molecule has 0 saturated carbocycles. The molecule has 1 rings (SSSR count). The highest BCUT2D eigenvalue weighted by molar-refractivity contribution is 5.77. The van der Waals surface area contributed by atoms with Gasteiger partial charge in [-0.15, -0.1) is 0 Å². The average Bonchev–Trinajstić information content (AvgIpc) is 2.55. The summed E-state index contributed by atoms with van der Waals surface area (Å²) < 4.78 is 5.35. The number of rotatable bonds is 4. The molecular formula is C10H18N2O5. The van der Waals surface area contributed by atoms with Gasteiger partial charge in [-0.05, 0) is 20.3 Å². The van der Waals surface area contributed by atoms with E-state index in [1.54, 1.807) is 0 Å². The number of amides is 2. The monoisotopic (exact) mass is 246 g/mol. The molecule has 3 unspecified atom stereocenters. The van der Waals surface area contributed by atoms with E-state index in [2.05, 4.69) is 10.6 Å². The summed E-state index contributed by atoms with van der Waals surface area (Å²) in [6, 6.07) is -0.509. The number of nitrogens with one attached hydrogen (secondary N) is 2. The molecule has 4 N–H and O–H groups in total. The first kappa shape index (κ1) is 13.7. The second kappa shape index (κ2) is 5.33. The first-order chi connectivity index (χ1) is 7.85. The number of aliphatic hydroxyl groups is 1. The van der Waals surface area contributed by atoms with Gasteiger partial charge in [-0.2, -0.15) is 0 Å². The van der Waals surface area contributed by atoms with Crippen LogP contribution in [0.1, 0.15) is 20.3 Å². The maximum absolute atomic E-state index is 11.5. The van der Waals surface area contributed by atoms with Crippen molar-refractivity contribution in [2.75, 3.05) is 13.2 Å². The summed E-state index contributed by atoms with van der Waals surface area (Å²) in [7, 11) is 0. The number of carboxylic acid groups (broad SMARTS) is 1. The predicted molar refractivity (Wildman–Crippen MR) is 58.6 cm³/mol. The van der Waals surface area contributed by atoms with E-state index in [-0.39, 0.29) is 12.6 Å². The highest BCUT2D eigenvalue weighted by atomic mass is 16.5. The first-order valence-electron chi connectivity index (χ1n) is 5.43. The van der Waals surface area contributed by atoms with Gasteiger partial charge in [-0.3, -0.25) is 0 Å². The number of hydrogen-bond acceptors (Lipinski definition) is 4. The van der Waals surface area contributed by atoms with Crippen LogP contribution in [0.5, 0.6) is 0 Å². The molecule has 1 aliphatic heterocycles. The highest BCUT2D eigenvalue weighted by Crippen LogP contribution is 2.24. The smallest absolute Gasteiger partial charge is 0.334 e. The summed E-state index contributed by atoms with van der Waals surface area (Å²) in [5.74, 6) is -1.37. The quantitative estimate of drug-likeness (QED) is 0.524. The standard InChI is InChI=1S/C10H18N2O5/c1-6-10(2,3-4-17-6)12-9(16)11-5-7(13)8(14)15/h6-7,13H,3-5H2,1-2H3,(H,14,15)(H2,11,12,16). The van der Waals surface area contributed by atoms with E-state index in [0.29, 0.717) is 13.0 Å². The van der Waals surface area contributed by atoms with Gasteiger partial charge in [-0.25, -0.2) is 9.59 Å². The molecule has 2 amide bonds. The molecule has 1 aliphatic rings. The molecule has 1 fully saturated rings. The van der Waals surface area contributed by atoms with Gasteiger partial charge in [0.05, 0.1) is 18.2 Å². The minimum Gasteiger partial charge on any atom is -0.479 e. The van der Waals surface area contributed by atoms with Crippen LogP contribution in [0.3, 0.4) is 0 Å². The summed E-state index contributed by atoms with van der Waals surface area (Å²) >= 11 is 0. The number of aliphatic carboxylic acids is 1. The molecule has 98 valence electrons. The van der Waals surface area contributed by atoms with Crippen LogP contribution in [-0.4, -0.2) is 53.1 Å². The van der Waals surface area contributed by atoms with E-state index in [0.717, 1.165) is 0 Å². The lowest BCUT2D eigenvalue weighted by molar-refractivity contribution is -0.146. The van der Waals surface area contributed by atoms with Crippen LogP contribution in [0, 0.1) is 0 Å². The molecule has 0 aromatic heterocycles. The zero-order chi connectivity index (χ0) is 13.1. The Labute approximate surface area is 99.1 Å². The Morgan fingerprint density at radius 3 is 2.71 bits per heavy atom. The minimum absolute atomic E-state index is 0.0994. The number of carbonyl (C=O) groups excluding carboxylic acids is 1. The molecular weight excluding hydrogens is 228 g/mol.